The highest BCUT2D eigenvalue weighted by molar-refractivity contribution is 6.32. The molecule has 0 aliphatic heterocycles. The highest BCUT2D eigenvalue weighted by Crippen LogP contribution is 2.39. The molecule has 3 rings (SSSR count). The van der Waals surface area contributed by atoms with Crippen LogP contribution in [0.4, 0.5) is 5.69 Å². The third-order valence-corrected chi connectivity index (χ3v) is 4.07. The van der Waals surface area contributed by atoms with Crippen molar-refractivity contribution in [1.82, 2.24) is 0 Å². The number of hydrogen-bond acceptors (Lipinski definition) is 4. The van der Waals surface area contributed by atoms with E-state index in [2.05, 4.69) is 0 Å². The smallest absolute Gasteiger partial charge is 0.271 e. The standard InChI is InChI=1S/C16H14ClNO4/c17-13-9-10(18(20)21)7-8-16(13)22-15-6-2-3-11-12(15)4-1-5-14(11)19/h2-3,6-9,14,19H,1,4-5H2/t14-/m0/s1. The first-order valence-electron chi connectivity index (χ1n) is 6.98. The topological polar surface area (TPSA) is 72.6 Å². The Balaban J connectivity index is 1.94. The van der Waals surface area contributed by atoms with E-state index in [1.165, 1.54) is 18.2 Å². The molecule has 1 atom stereocenters. The van der Waals surface area contributed by atoms with Gasteiger partial charge in [0.25, 0.3) is 5.69 Å². The summed E-state index contributed by atoms with van der Waals surface area (Å²) in [4.78, 5) is 10.2. The fourth-order valence-corrected chi connectivity index (χ4v) is 2.90. The van der Waals surface area contributed by atoms with Crippen LogP contribution < -0.4 is 4.74 Å². The van der Waals surface area contributed by atoms with E-state index in [-0.39, 0.29) is 10.7 Å². The van der Waals surface area contributed by atoms with Gasteiger partial charge in [0.2, 0.25) is 0 Å². The molecule has 0 amide bonds. The maximum atomic E-state index is 10.7. The number of fused-ring (bicyclic) bond motifs is 1. The van der Waals surface area contributed by atoms with Gasteiger partial charge in [-0.25, -0.2) is 0 Å². The summed E-state index contributed by atoms with van der Waals surface area (Å²) in [6.45, 7) is 0. The van der Waals surface area contributed by atoms with Gasteiger partial charge in [0, 0.05) is 17.7 Å². The second-order valence-corrected chi connectivity index (χ2v) is 5.61. The van der Waals surface area contributed by atoms with Crippen LogP contribution in [0.1, 0.15) is 30.1 Å². The normalized spacial score (nSPS) is 16.9. The lowest BCUT2D eigenvalue weighted by Crippen LogP contribution is -2.10. The quantitative estimate of drug-likeness (QED) is 0.671. The maximum Gasteiger partial charge on any atom is 0.271 e. The minimum Gasteiger partial charge on any atom is -0.455 e. The number of halogens is 1. The third kappa shape index (κ3) is 2.77. The lowest BCUT2D eigenvalue weighted by atomic mass is 9.89. The van der Waals surface area contributed by atoms with Gasteiger partial charge in [0.05, 0.1) is 16.0 Å². The third-order valence-electron chi connectivity index (χ3n) is 3.78. The van der Waals surface area contributed by atoms with Crippen LogP contribution in [0.2, 0.25) is 5.02 Å². The first kappa shape index (κ1) is 14.8. The van der Waals surface area contributed by atoms with Crippen molar-refractivity contribution in [2.45, 2.75) is 25.4 Å². The molecule has 0 spiro atoms. The summed E-state index contributed by atoms with van der Waals surface area (Å²) < 4.78 is 5.82. The summed E-state index contributed by atoms with van der Waals surface area (Å²) in [5.41, 5.74) is 1.76. The van der Waals surface area contributed by atoms with Crippen LogP contribution in [-0.2, 0) is 6.42 Å². The minimum atomic E-state index is -0.504. The van der Waals surface area contributed by atoms with E-state index in [0.29, 0.717) is 11.5 Å². The van der Waals surface area contributed by atoms with E-state index < -0.39 is 11.0 Å². The number of benzene rings is 2. The van der Waals surface area contributed by atoms with Crippen molar-refractivity contribution in [2.24, 2.45) is 0 Å². The van der Waals surface area contributed by atoms with Gasteiger partial charge in [-0.15, -0.1) is 0 Å². The first-order chi connectivity index (χ1) is 10.6. The molecule has 0 fully saturated rings. The Kier molecular flexibility index (Phi) is 4.00. The van der Waals surface area contributed by atoms with Gasteiger partial charge in [0.1, 0.15) is 11.5 Å². The fraction of sp³-hybridized carbons (Fsp3) is 0.250. The lowest BCUT2D eigenvalue weighted by Gasteiger charge is -2.23. The molecule has 6 heteroatoms. The number of hydrogen-bond donors (Lipinski definition) is 1. The Hall–Kier alpha value is -2.11. The summed E-state index contributed by atoms with van der Waals surface area (Å²) in [5, 5.41) is 21.0. The molecule has 0 saturated carbocycles. The Morgan fingerprint density at radius 2 is 2.09 bits per heavy atom. The van der Waals surface area contributed by atoms with Crippen LogP contribution in [0.5, 0.6) is 11.5 Å². The van der Waals surface area contributed by atoms with E-state index in [9.17, 15) is 15.2 Å². The zero-order valence-electron chi connectivity index (χ0n) is 11.7. The van der Waals surface area contributed by atoms with E-state index >= 15 is 0 Å². The predicted molar refractivity (Wildman–Crippen MR) is 82.5 cm³/mol. The van der Waals surface area contributed by atoms with Crippen molar-refractivity contribution in [2.75, 3.05) is 0 Å². The SMILES string of the molecule is O=[N+]([O-])c1ccc(Oc2cccc3c2CCC[C@@H]3O)c(Cl)c1. The highest BCUT2D eigenvalue weighted by atomic mass is 35.5. The average molecular weight is 320 g/mol. The molecule has 0 bridgehead atoms. The largest absolute Gasteiger partial charge is 0.455 e. The molecular formula is C16H14ClNO4. The Labute approximate surface area is 132 Å². The van der Waals surface area contributed by atoms with E-state index in [1.54, 1.807) is 0 Å². The number of non-ortho nitro benzene ring substituents is 1. The second-order valence-electron chi connectivity index (χ2n) is 5.21. The summed E-state index contributed by atoms with van der Waals surface area (Å²) >= 11 is 6.06. The number of rotatable bonds is 3. The first-order valence-corrected chi connectivity index (χ1v) is 7.35. The van der Waals surface area contributed by atoms with Gasteiger partial charge in [-0.1, -0.05) is 23.7 Å². The minimum absolute atomic E-state index is 0.0807. The molecule has 2 aromatic carbocycles. The molecule has 0 heterocycles. The molecule has 2 aromatic rings. The molecule has 1 aliphatic rings. The number of aliphatic hydroxyl groups excluding tert-OH is 1. The van der Waals surface area contributed by atoms with E-state index in [1.807, 2.05) is 18.2 Å². The molecule has 0 unspecified atom stereocenters. The number of nitro benzene ring substituents is 1. The van der Waals surface area contributed by atoms with Gasteiger partial charge >= 0.3 is 0 Å². The lowest BCUT2D eigenvalue weighted by molar-refractivity contribution is -0.384. The van der Waals surface area contributed by atoms with Crippen molar-refractivity contribution >= 4 is 17.3 Å². The van der Waals surface area contributed by atoms with Crippen molar-refractivity contribution in [3.05, 3.63) is 62.7 Å². The molecule has 5 nitrogen and oxygen atoms in total. The van der Waals surface area contributed by atoms with Crippen molar-refractivity contribution < 1.29 is 14.8 Å². The molecule has 0 aromatic heterocycles. The van der Waals surface area contributed by atoms with Crippen molar-refractivity contribution in [1.29, 1.82) is 0 Å². The Morgan fingerprint density at radius 3 is 2.82 bits per heavy atom. The van der Waals surface area contributed by atoms with E-state index in [4.69, 9.17) is 16.3 Å². The molecule has 0 saturated heterocycles. The summed E-state index contributed by atoms with van der Waals surface area (Å²) in [6.07, 6.45) is 1.99. The molecule has 1 N–H and O–H groups in total. The van der Waals surface area contributed by atoms with Crippen LogP contribution in [0.3, 0.4) is 0 Å². The van der Waals surface area contributed by atoms with Gasteiger partial charge < -0.3 is 9.84 Å². The summed E-state index contributed by atoms with van der Waals surface area (Å²) in [7, 11) is 0. The number of ether oxygens (including phenoxy) is 1. The fourth-order valence-electron chi connectivity index (χ4n) is 2.69. The molecular weight excluding hydrogens is 306 g/mol. The van der Waals surface area contributed by atoms with Crippen LogP contribution >= 0.6 is 11.6 Å². The van der Waals surface area contributed by atoms with Gasteiger partial charge in [-0.2, -0.15) is 0 Å². The zero-order chi connectivity index (χ0) is 15.7. The van der Waals surface area contributed by atoms with Crippen molar-refractivity contribution in [3.63, 3.8) is 0 Å². The number of aliphatic hydroxyl groups is 1. The van der Waals surface area contributed by atoms with Crippen LogP contribution in [0, 0.1) is 10.1 Å². The Morgan fingerprint density at radius 1 is 1.27 bits per heavy atom. The zero-order valence-corrected chi connectivity index (χ0v) is 12.4. The maximum absolute atomic E-state index is 10.7. The molecule has 22 heavy (non-hydrogen) atoms. The number of nitrogens with zero attached hydrogens (tertiary/aromatic N) is 1. The molecule has 1 aliphatic carbocycles. The van der Waals surface area contributed by atoms with E-state index in [0.717, 1.165) is 30.4 Å². The second kappa shape index (κ2) is 5.94. The molecule has 114 valence electrons. The Bertz CT molecular complexity index is 732. The predicted octanol–water partition coefficient (Wildman–Crippen LogP) is 4.41. The van der Waals surface area contributed by atoms with Gasteiger partial charge in [0.15, 0.2) is 0 Å². The van der Waals surface area contributed by atoms with Crippen LogP contribution in [0.15, 0.2) is 36.4 Å². The monoisotopic (exact) mass is 319 g/mol. The van der Waals surface area contributed by atoms with Gasteiger partial charge in [-0.05, 0) is 37.0 Å². The average Bonchev–Trinajstić information content (AvgIpc) is 2.50. The van der Waals surface area contributed by atoms with Crippen LogP contribution in [-0.4, -0.2) is 10.0 Å². The highest BCUT2D eigenvalue weighted by Gasteiger charge is 2.21. The summed E-state index contributed by atoms with van der Waals surface area (Å²) in [6, 6.07) is 9.63. The van der Waals surface area contributed by atoms with Gasteiger partial charge in [-0.3, -0.25) is 10.1 Å². The summed E-state index contributed by atoms with van der Waals surface area (Å²) in [5.74, 6) is 0.993. The van der Waals surface area contributed by atoms with Crippen molar-refractivity contribution in [3.8, 4) is 11.5 Å². The number of nitro groups is 1. The van der Waals surface area contributed by atoms with Crippen LogP contribution in [0.25, 0.3) is 0 Å². The molecule has 0 radical (unpaired) electrons.